The fourth-order valence-corrected chi connectivity index (χ4v) is 2.47. The first-order valence-corrected chi connectivity index (χ1v) is 6.63. The molecule has 0 spiro atoms. The summed E-state index contributed by atoms with van der Waals surface area (Å²) in [6.45, 7) is 2.59. The molecule has 0 amide bonds. The molecule has 10 heteroatoms. The average Bonchev–Trinajstić information content (AvgIpc) is 3.05. The Balaban J connectivity index is 0.00000176. The predicted molar refractivity (Wildman–Crippen MR) is 80.8 cm³/mol. The van der Waals surface area contributed by atoms with Crippen molar-refractivity contribution >= 4 is 18.2 Å². The van der Waals surface area contributed by atoms with Crippen LogP contribution in [0.25, 0.3) is 11.6 Å². The van der Waals surface area contributed by atoms with Gasteiger partial charge in [0, 0.05) is 25.7 Å². The van der Waals surface area contributed by atoms with Gasteiger partial charge in [0.1, 0.15) is 0 Å². The highest BCUT2D eigenvalue weighted by Gasteiger charge is 2.27. The summed E-state index contributed by atoms with van der Waals surface area (Å²) >= 11 is 0. The highest BCUT2D eigenvalue weighted by molar-refractivity contribution is 5.85. The summed E-state index contributed by atoms with van der Waals surface area (Å²) in [6, 6.07) is 3.08. The molecule has 1 atom stereocenters. The summed E-state index contributed by atoms with van der Waals surface area (Å²) in [4.78, 5) is 17.0. The van der Waals surface area contributed by atoms with Gasteiger partial charge in [0.05, 0.1) is 13.1 Å². The van der Waals surface area contributed by atoms with Crippen LogP contribution in [0.4, 0.5) is 5.82 Å². The lowest BCUT2D eigenvalue weighted by Gasteiger charge is -2.30. The first-order chi connectivity index (χ1) is 10.1. The number of rotatable bonds is 3. The van der Waals surface area contributed by atoms with Gasteiger partial charge >= 0.3 is 5.82 Å². The van der Waals surface area contributed by atoms with E-state index < -0.39 is 4.92 Å². The number of piperazine rings is 1. The molecule has 0 aliphatic carbocycles. The Morgan fingerprint density at radius 1 is 1.45 bits per heavy atom. The fourth-order valence-electron chi connectivity index (χ4n) is 2.47. The number of aromatic nitrogens is 3. The number of likely N-dealkylation sites (N-methyl/N-ethyl adjacent to an activating group) is 1. The van der Waals surface area contributed by atoms with E-state index in [4.69, 9.17) is 4.52 Å². The van der Waals surface area contributed by atoms with E-state index in [-0.39, 0.29) is 24.3 Å². The van der Waals surface area contributed by atoms with Crippen LogP contribution < -0.4 is 5.32 Å². The van der Waals surface area contributed by atoms with Crippen molar-refractivity contribution in [2.45, 2.75) is 6.04 Å². The summed E-state index contributed by atoms with van der Waals surface area (Å²) in [5.41, 5.74) is 0.534. The van der Waals surface area contributed by atoms with Crippen molar-refractivity contribution in [1.82, 2.24) is 24.9 Å². The Bertz CT molecular complexity index is 670. The van der Waals surface area contributed by atoms with Gasteiger partial charge in [0.15, 0.2) is 11.5 Å². The Morgan fingerprint density at radius 3 is 2.86 bits per heavy atom. The molecule has 0 aromatic carbocycles. The molecule has 0 bridgehead atoms. The van der Waals surface area contributed by atoms with Gasteiger partial charge < -0.3 is 20.0 Å². The quantitative estimate of drug-likeness (QED) is 0.661. The number of hydrogen-bond acceptors (Lipinski definition) is 7. The maximum atomic E-state index is 10.9. The van der Waals surface area contributed by atoms with E-state index in [0.29, 0.717) is 17.4 Å². The zero-order valence-corrected chi connectivity index (χ0v) is 13.0. The molecule has 2 aromatic rings. The smallest absolute Gasteiger partial charge is 0.323 e. The van der Waals surface area contributed by atoms with Gasteiger partial charge in [-0.3, -0.25) is 4.90 Å². The Labute approximate surface area is 132 Å². The van der Waals surface area contributed by atoms with Crippen molar-refractivity contribution in [3.8, 4) is 11.6 Å². The molecule has 1 fully saturated rings. The summed E-state index contributed by atoms with van der Waals surface area (Å²) in [6.07, 6.45) is 0. The second-order valence-electron chi connectivity index (χ2n) is 5.05. The van der Waals surface area contributed by atoms with Crippen molar-refractivity contribution in [2.24, 2.45) is 7.05 Å². The highest BCUT2D eigenvalue weighted by atomic mass is 35.5. The first-order valence-electron chi connectivity index (χ1n) is 6.63. The Morgan fingerprint density at radius 2 is 2.23 bits per heavy atom. The Hall–Kier alpha value is -1.97. The minimum absolute atomic E-state index is 0. The number of nitrogens with one attached hydrogen (secondary N) is 1. The number of halogens is 1. The van der Waals surface area contributed by atoms with Gasteiger partial charge in [-0.2, -0.15) is 4.98 Å². The second kappa shape index (κ2) is 6.42. The van der Waals surface area contributed by atoms with E-state index in [1.165, 1.54) is 10.6 Å². The van der Waals surface area contributed by atoms with Gasteiger partial charge in [0.25, 0.3) is 5.89 Å². The largest absolute Gasteiger partial charge is 0.358 e. The fraction of sp³-hybridized carbons (Fsp3) is 0.500. The molecule has 22 heavy (non-hydrogen) atoms. The topological polar surface area (TPSA) is 102 Å². The zero-order valence-electron chi connectivity index (χ0n) is 12.2. The van der Waals surface area contributed by atoms with Gasteiger partial charge in [-0.05, 0) is 18.0 Å². The zero-order chi connectivity index (χ0) is 15.0. The molecule has 1 N–H and O–H groups in total. The molecule has 1 aliphatic rings. The maximum Gasteiger partial charge on any atom is 0.323 e. The summed E-state index contributed by atoms with van der Waals surface area (Å²) in [5, 5.41) is 18.2. The third-order valence-electron chi connectivity index (χ3n) is 3.75. The van der Waals surface area contributed by atoms with Crippen LogP contribution in [0.3, 0.4) is 0 Å². The van der Waals surface area contributed by atoms with Crippen LogP contribution in [0.5, 0.6) is 0 Å². The van der Waals surface area contributed by atoms with Crippen molar-refractivity contribution in [3.05, 3.63) is 28.1 Å². The van der Waals surface area contributed by atoms with Crippen molar-refractivity contribution in [3.63, 3.8) is 0 Å². The highest BCUT2D eigenvalue weighted by Crippen LogP contribution is 2.26. The van der Waals surface area contributed by atoms with Gasteiger partial charge in [-0.25, -0.2) is 4.57 Å². The minimum atomic E-state index is -0.445. The minimum Gasteiger partial charge on any atom is -0.358 e. The Kier molecular flexibility index (Phi) is 4.79. The SMILES string of the molecule is CN1CCNCC1c1noc(-c2ccc([N+](=O)[O-])n2C)n1.Cl. The van der Waals surface area contributed by atoms with Crippen LogP contribution in [0, 0.1) is 10.1 Å². The van der Waals surface area contributed by atoms with E-state index in [1.54, 1.807) is 13.1 Å². The molecular weight excluding hydrogens is 312 g/mol. The number of nitrogens with zero attached hydrogens (tertiary/aromatic N) is 5. The number of hydrogen-bond donors (Lipinski definition) is 1. The predicted octanol–water partition coefficient (Wildman–Crippen LogP) is 0.981. The molecular formula is C12H17ClN6O3. The van der Waals surface area contributed by atoms with Crippen molar-refractivity contribution in [1.29, 1.82) is 0 Å². The summed E-state index contributed by atoms with van der Waals surface area (Å²) in [5.74, 6) is 0.865. The van der Waals surface area contributed by atoms with E-state index in [2.05, 4.69) is 20.4 Å². The van der Waals surface area contributed by atoms with Crippen molar-refractivity contribution < 1.29 is 9.45 Å². The van der Waals surface area contributed by atoms with Gasteiger partial charge in [0.2, 0.25) is 0 Å². The summed E-state index contributed by atoms with van der Waals surface area (Å²) < 4.78 is 6.70. The monoisotopic (exact) mass is 328 g/mol. The van der Waals surface area contributed by atoms with Crippen LogP contribution in [-0.4, -0.2) is 51.2 Å². The van der Waals surface area contributed by atoms with Gasteiger partial charge in [-0.1, -0.05) is 5.16 Å². The van der Waals surface area contributed by atoms with Crippen LogP contribution in [0.15, 0.2) is 16.7 Å². The van der Waals surface area contributed by atoms with E-state index in [9.17, 15) is 10.1 Å². The molecule has 1 saturated heterocycles. The maximum absolute atomic E-state index is 10.9. The standard InChI is InChI=1S/C12H16N6O3.ClH/c1-16-6-5-13-7-9(16)11-14-12(21-15-11)8-3-4-10(17(8)2)18(19)20;/h3-4,9,13H,5-7H2,1-2H3;1H. The first kappa shape index (κ1) is 16.4. The van der Waals surface area contributed by atoms with E-state index in [0.717, 1.165) is 19.6 Å². The van der Waals surface area contributed by atoms with Crippen LogP contribution in [0.1, 0.15) is 11.9 Å². The molecule has 0 saturated carbocycles. The van der Waals surface area contributed by atoms with E-state index in [1.807, 2.05) is 7.05 Å². The molecule has 120 valence electrons. The lowest BCUT2D eigenvalue weighted by molar-refractivity contribution is -0.391. The third kappa shape index (κ3) is 2.82. The molecule has 3 heterocycles. The molecule has 1 aliphatic heterocycles. The number of nitro groups is 1. The summed E-state index contributed by atoms with van der Waals surface area (Å²) in [7, 11) is 3.61. The average molecular weight is 329 g/mol. The van der Waals surface area contributed by atoms with Gasteiger partial charge in [-0.15, -0.1) is 12.4 Å². The molecule has 1 unspecified atom stereocenters. The van der Waals surface area contributed by atoms with E-state index >= 15 is 0 Å². The normalized spacial score (nSPS) is 18.9. The lowest BCUT2D eigenvalue weighted by atomic mass is 10.2. The molecule has 0 radical (unpaired) electrons. The third-order valence-corrected chi connectivity index (χ3v) is 3.75. The van der Waals surface area contributed by atoms with Crippen LogP contribution >= 0.6 is 12.4 Å². The second-order valence-corrected chi connectivity index (χ2v) is 5.05. The lowest BCUT2D eigenvalue weighted by Crippen LogP contribution is -2.44. The van der Waals surface area contributed by atoms with Crippen LogP contribution in [0.2, 0.25) is 0 Å². The molecule has 3 rings (SSSR count). The molecule has 2 aromatic heterocycles. The van der Waals surface area contributed by atoms with Crippen molar-refractivity contribution in [2.75, 3.05) is 26.7 Å². The van der Waals surface area contributed by atoms with Crippen LogP contribution in [-0.2, 0) is 7.05 Å². The molecule has 9 nitrogen and oxygen atoms in total.